The van der Waals surface area contributed by atoms with Gasteiger partial charge in [0.1, 0.15) is 12.4 Å². The van der Waals surface area contributed by atoms with Gasteiger partial charge in [-0.05, 0) is 37.5 Å². The van der Waals surface area contributed by atoms with Crippen molar-refractivity contribution < 1.29 is 23.9 Å². The first-order chi connectivity index (χ1) is 17.9. The van der Waals surface area contributed by atoms with E-state index >= 15 is 4.39 Å². The fraction of sp³-hybridized carbons (Fsp3) is 0.370. The van der Waals surface area contributed by atoms with Crippen LogP contribution in [0.15, 0.2) is 58.6 Å². The molecule has 10 heteroatoms. The smallest absolute Gasteiger partial charge is 0.449 e. The molecule has 1 aliphatic heterocycles. The second-order valence-electron chi connectivity index (χ2n) is 9.50. The van der Waals surface area contributed by atoms with Crippen LogP contribution in [0.25, 0.3) is 10.9 Å². The number of rotatable bonds is 8. The summed E-state index contributed by atoms with van der Waals surface area (Å²) in [5.74, 6) is -0.822. The Morgan fingerprint density at radius 2 is 1.86 bits per heavy atom. The van der Waals surface area contributed by atoms with Gasteiger partial charge in [0.2, 0.25) is 5.43 Å². The van der Waals surface area contributed by atoms with E-state index in [1.165, 1.54) is 12.3 Å². The minimum Gasteiger partial charge on any atom is -0.449 e. The van der Waals surface area contributed by atoms with Crippen molar-refractivity contribution in [3.8, 4) is 5.75 Å². The first kappa shape index (κ1) is 24.8. The van der Waals surface area contributed by atoms with Crippen molar-refractivity contribution in [1.82, 2.24) is 9.47 Å². The largest absolute Gasteiger partial charge is 0.511 e. The molecule has 194 valence electrons. The maximum Gasteiger partial charge on any atom is 0.511 e. The number of fused-ring (bicyclic) bond motifs is 1. The van der Waals surface area contributed by atoms with Gasteiger partial charge in [-0.3, -0.25) is 9.69 Å². The molecule has 5 rings (SSSR count). The second kappa shape index (κ2) is 10.6. The molecule has 1 N–H and O–H groups in total. The molecular formula is C27H29FN4O5. The highest BCUT2D eigenvalue weighted by Gasteiger charge is 2.28. The number of benzene rings is 2. The Hall–Kier alpha value is -3.92. The summed E-state index contributed by atoms with van der Waals surface area (Å²) in [6, 6.07) is 12.9. The Morgan fingerprint density at radius 1 is 1.14 bits per heavy atom. The lowest BCUT2D eigenvalue weighted by Crippen LogP contribution is -2.48. The highest BCUT2D eigenvalue weighted by atomic mass is 19.1. The number of piperazine rings is 1. The van der Waals surface area contributed by atoms with Crippen molar-refractivity contribution in [2.24, 2.45) is 5.16 Å². The number of carboxylic acid groups (broad SMARTS) is 1. The molecule has 2 heterocycles. The topological polar surface area (TPSA) is 96.6 Å². The van der Waals surface area contributed by atoms with Crippen LogP contribution in [0.5, 0.6) is 5.75 Å². The third kappa shape index (κ3) is 5.75. The standard InChI is InChI=1S/C27H29FN4O5/c1-18(29-36-17-19-5-3-2-4-6-19)15-30-9-11-31(12-10-30)24-14-23-21(13-22(24)28)26(33)25(37-27(34)35)16-32(23)20-7-8-20/h2-6,13-14,16,20H,7-12,15,17H2,1H3,(H,34,35). The Kier molecular flexibility index (Phi) is 7.09. The van der Waals surface area contributed by atoms with E-state index < -0.39 is 17.4 Å². The highest BCUT2D eigenvalue weighted by molar-refractivity contribution is 5.85. The van der Waals surface area contributed by atoms with E-state index in [-0.39, 0.29) is 17.2 Å². The lowest BCUT2D eigenvalue weighted by atomic mass is 10.1. The van der Waals surface area contributed by atoms with Crippen molar-refractivity contribution in [2.75, 3.05) is 37.6 Å². The van der Waals surface area contributed by atoms with Crippen molar-refractivity contribution in [2.45, 2.75) is 32.4 Å². The molecule has 1 aromatic heterocycles. The number of anilines is 1. The monoisotopic (exact) mass is 508 g/mol. The minimum absolute atomic E-state index is 0.118. The van der Waals surface area contributed by atoms with Gasteiger partial charge in [0.05, 0.1) is 28.5 Å². The quantitative estimate of drug-likeness (QED) is 0.276. The predicted octanol–water partition coefficient (Wildman–Crippen LogP) is 4.25. The highest BCUT2D eigenvalue weighted by Crippen LogP contribution is 2.39. The fourth-order valence-electron chi connectivity index (χ4n) is 4.69. The Morgan fingerprint density at radius 3 is 2.54 bits per heavy atom. The number of oxime groups is 1. The lowest BCUT2D eigenvalue weighted by molar-refractivity contribution is 0.128. The van der Waals surface area contributed by atoms with E-state index in [0.29, 0.717) is 37.4 Å². The van der Waals surface area contributed by atoms with E-state index in [2.05, 4.69) is 14.8 Å². The third-order valence-corrected chi connectivity index (χ3v) is 6.67. The lowest BCUT2D eigenvalue weighted by Gasteiger charge is -2.36. The van der Waals surface area contributed by atoms with Crippen LogP contribution in [0.4, 0.5) is 14.9 Å². The summed E-state index contributed by atoms with van der Waals surface area (Å²) >= 11 is 0. The summed E-state index contributed by atoms with van der Waals surface area (Å²) in [6.07, 6.45) is 1.67. The zero-order chi connectivity index (χ0) is 25.9. The van der Waals surface area contributed by atoms with Crippen LogP contribution in [-0.4, -0.2) is 59.2 Å². The Labute approximate surface area is 213 Å². The number of hydrogen-bond acceptors (Lipinski definition) is 7. The summed E-state index contributed by atoms with van der Waals surface area (Å²) in [5.41, 5.74) is 2.32. The second-order valence-corrected chi connectivity index (χ2v) is 9.50. The van der Waals surface area contributed by atoms with Crippen LogP contribution in [0, 0.1) is 5.82 Å². The molecule has 0 radical (unpaired) electrons. The number of ether oxygens (including phenoxy) is 1. The molecule has 2 aromatic carbocycles. The molecule has 3 aromatic rings. The van der Waals surface area contributed by atoms with E-state index in [0.717, 1.165) is 37.2 Å². The van der Waals surface area contributed by atoms with E-state index in [1.54, 1.807) is 6.07 Å². The number of aromatic nitrogens is 1. The molecule has 0 amide bonds. The van der Waals surface area contributed by atoms with Gasteiger partial charge in [0.25, 0.3) is 0 Å². The van der Waals surface area contributed by atoms with Gasteiger partial charge in [-0.1, -0.05) is 35.5 Å². The minimum atomic E-state index is -1.57. The van der Waals surface area contributed by atoms with Gasteiger partial charge >= 0.3 is 6.16 Å². The van der Waals surface area contributed by atoms with Crippen molar-refractivity contribution in [1.29, 1.82) is 0 Å². The molecule has 1 aliphatic carbocycles. The van der Waals surface area contributed by atoms with Crippen LogP contribution < -0.4 is 15.1 Å². The molecule has 9 nitrogen and oxygen atoms in total. The molecule has 0 atom stereocenters. The molecule has 1 saturated carbocycles. The van der Waals surface area contributed by atoms with Gasteiger partial charge in [-0.2, -0.15) is 0 Å². The number of hydrogen-bond donors (Lipinski definition) is 1. The zero-order valence-corrected chi connectivity index (χ0v) is 20.6. The van der Waals surface area contributed by atoms with E-state index in [4.69, 9.17) is 9.94 Å². The molecule has 2 fully saturated rings. The summed E-state index contributed by atoms with van der Waals surface area (Å²) in [7, 11) is 0. The van der Waals surface area contributed by atoms with Crippen LogP contribution >= 0.6 is 0 Å². The van der Waals surface area contributed by atoms with Crippen LogP contribution in [0.1, 0.15) is 31.4 Å². The maximum absolute atomic E-state index is 15.2. The number of nitrogens with zero attached hydrogens (tertiary/aromatic N) is 4. The number of halogens is 1. The molecule has 0 spiro atoms. The van der Waals surface area contributed by atoms with Gasteiger partial charge < -0.3 is 24.1 Å². The van der Waals surface area contributed by atoms with Crippen molar-refractivity contribution in [3.63, 3.8) is 0 Å². The summed E-state index contributed by atoms with van der Waals surface area (Å²) in [6.45, 7) is 5.70. The van der Waals surface area contributed by atoms with Gasteiger partial charge in [-0.15, -0.1) is 0 Å². The number of carbonyl (C=O) groups is 1. The molecular weight excluding hydrogens is 479 g/mol. The summed E-state index contributed by atoms with van der Waals surface area (Å²) in [4.78, 5) is 33.5. The average Bonchev–Trinajstić information content (AvgIpc) is 3.72. The van der Waals surface area contributed by atoms with Gasteiger partial charge in [0, 0.05) is 38.8 Å². The van der Waals surface area contributed by atoms with Crippen LogP contribution in [-0.2, 0) is 11.4 Å². The van der Waals surface area contributed by atoms with Gasteiger partial charge in [0.15, 0.2) is 5.75 Å². The van der Waals surface area contributed by atoms with Gasteiger partial charge in [-0.25, -0.2) is 9.18 Å². The van der Waals surface area contributed by atoms with Crippen molar-refractivity contribution in [3.05, 3.63) is 70.3 Å². The summed E-state index contributed by atoms with van der Waals surface area (Å²) in [5, 5.41) is 13.3. The van der Waals surface area contributed by atoms with Crippen LogP contribution in [0.3, 0.4) is 0 Å². The predicted molar refractivity (Wildman–Crippen MR) is 138 cm³/mol. The molecule has 1 saturated heterocycles. The molecule has 2 aliphatic rings. The first-order valence-corrected chi connectivity index (χ1v) is 12.3. The normalized spacial score (nSPS) is 16.7. The average molecular weight is 509 g/mol. The Bertz CT molecular complexity index is 1380. The third-order valence-electron chi connectivity index (χ3n) is 6.67. The molecule has 37 heavy (non-hydrogen) atoms. The fourth-order valence-corrected chi connectivity index (χ4v) is 4.69. The molecule has 0 bridgehead atoms. The number of pyridine rings is 1. The van der Waals surface area contributed by atoms with Crippen LogP contribution in [0.2, 0.25) is 0 Å². The van der Waals surface area contributed by atoms with E-state index in [9.17, 15) is 9.59 Å². The maximum atomic E-state index is 15.2. The summed E-state index contributed by atoms with van der Waals surface area (Å²) < 4.78 is 21.7. The van der Waals surface area contributed by atoms with E-state index in [1.807, 2.05) is 46.7 Å². The molecule has 0 unspecified atom stereocenters. The first-order valence-electron chi connectivity index (χ1n) is 12.3. The Balaban J connectivity index is 1.27. The van der Waals surface area contributed by atoms with Crippen molar-refractivity contribution >= 4 is 28.5 Å². The zero-order valence-electron chi connectivity index (χ0n) is 20.6. The SMILES string of the molecule is CC(CN1CCN(c2cc3c(cc2F)c(=O)c(OC(=O)O)cn3C2CC2)CC1)=NOCc1ccccc1.